The van der Waals surface area contributed by atoms with Gasteiger partial charge in [0, 0.05) is 17.9 Å². The number of rotatable bonds is 3. The van der Waals surface area contributed by atoms with Gasteiger partial charge in [0.2, 0.25) is 0 Å². The summed E-state index contributed by atoms with van der Waals surface area (Å²) in [6.45, 7) is 0.863. The maximum atomic E-state index is 13.9. The summed E-state index contributed by atoms with van der Waals surface area (Å²) >= 11 is 3.12. The number of benzene rings is 2. The summed E-state index contributed by atoms with van der Waals surface area (Å²) < 4.78 is 27.8. The molecule has 1 aliphatic carbocycles. The molecule has 8 heteroatoms. The molecule has 2 heterocycles. The van der Waals surface area contributed by atoms with Crippen LogP contribution in [0.5, 0.6) is 0 Å². The highest BCUT2D eigenvalue weighted by molar-refractivity contribution is 8.14. The summed E-state index contributed by atoms with van der Waals surface area (Å²) in [6.07, 6.45) is 2.68. The van der Waals surface area contributed by atoms with E-state index in [4.69, 9.17) is 0 Å². The largest absolute Gasteiger partial charge is 0.298 e. The van der Waals surface area contributed by atoms with Crippen LogP contribution in [-0.4, -0.2) is 28.2 Å². The Labute approximate surface area is 180 Å². The molecular formula is C22H17F2N3OS2. The summed E-state index contributed by atoms with van der Waals surface area (Å²) in [7, 11) is 0. The van der Waals surface area contributed by atoms with Crippen LogP contribution in [0.25, 0.3) is 10.4 Å². The highest BCUT2D eigenvalue weighted by atomic mass is 32.2. The van der Waals surface area contributed by atoms with E-state index in [1.807, 2.05) is 0 Å². The normalized spacial score (nSPS) is 15.2. The van der Waals surface area contributed by atoms with Crippen molar-refractivity contribution in [1.82, 2.24) is 4.98 Å². The molecule has 4 nitrogen and oxygen atoms in total. The molecule has 0 saturated carbocycles. The fraction of sp³-hybridized carbons (Fsp3) is 0.227. The molecule has 152 valence electrons. The van der Waals surface area contributed by atoms with Crippen LogP contribution in [0.15, 0.2) is 41.4 Å². The topological polar surface area (TPSA) is 54.4 Å². The first kappa shape index (κ1) is 19.4. The number of thioether (sulfide) groups is 1. The molecule has 0 atom stereocenters. The maximum absolute atomic E-state index is 13.9. The van der Waals surface area contributed by atoms with E-state index in [0.717, 1.165) is 70.4 Å². The molecule has 1 amide bonds. The number of carbonyl (C=O) groups is 1. The first-order valence-corrected chi connectivity index (χ1v) is 11.5. The maximum Gasteiger partial charge on any atom is 0.263 e. The van der Waals surface area contributed by atoms with E-state index in [1.165, 1.54) is 23.0 Å². The highest BCUT2D eigenvalue weighted by Crippen LogP contribution is 2.39. The SMILES string of the molecule is O=C(Nc1nc2c(s1)-c1ccc(C3=NCCS3)cc1CCC2)c1c(F)cccc1F. The van der Waals surface area contributed by atoms with Gasteiger partial charge in [0.1, 0.15) is 17.2 Å². The van der Waals surface area contributed by atoms with Gasteiger partial charge in [-0.3, -0.25) is 15.1 Å². The molecule has 0 spiro atoms. The predicted molar refractivity (Wildman–Crippen MR) is 118 cm³/mol. The van der Waals surface area contributed by atoms with Crippen LogP contribution in [0.4, 0.5) is 13.9 Å². The quantitative estimate of drug-likeness (QED) is 0.598. The number of amides is 1. The Bertz CT molecular complexity index is 1170. The second-order valence-electron chi connectivity index (χ2n) is 7.11. The summed E-state index contributed by atoms with van der Waals surface area (Å²) in [6, 6.07) is 9.74. The van der Waals surface area contributed by atoms with Gasteiger partial charge in [-0.05, 0) is 48.6 Å². The average molecular weight is 442 g/mol. The van der Waals surface area contributed by atoms with Gasteiger partial charge >= 0.3 is 0 Å². The molecule has 1 N–H and O–H groups in total. The average Bonchev–Trinajstić information content (AvgIpc) is 3.35. The van der Waals surface area contributed by atoms with Gasteiger partial charge < -0.3 is 0 Å². The van der Waals surface area contributed by atoms with E-state index in [-0.39, 0.29) is 0 Å². The number of nitrogens with zero attached hydrogens (tertiary/aromatic N) is 2. The van der Waals surface area contributed by atoms with Crippen LogP contribution < -0.4 is 5.32 Å². The van der Waals surface area contributed by atoms with Gasteiger partial charge in [0.05, 0.1) is 15.6 Å². The van der Waals surface area contributed by atoms with Crippen LogP contribution in [0.3, 0.4) is 0 Å². The van der Waals surface area contributed by atoms with Crippen molar-refractivity contribution in [3.63, 3.8) is 0 Å². The standard InChI is InChI=1S/C22H17F2N3OS2/c23-15-4-2-5-16(24)18(15)20(28)27-22-26-17-6-1-3-12-11-13(21-25-9-10-29-21)7-8-14(12)19(17)30-22/h2,4-5,7-8,11H,1,3,6,9-10H2,(H,26,27,28). The third kappa shape index (κ3) is 3.54. The second kappa shape index (κ2) is 7.92. The van der Waals surface area contributed by atoms with Crippen LogP contribution in [0, 0.1) is 11.6 Å². The van der Waals surface area contributed by atoms with Crippen LogP contribution in [-0.2, 0) is 12.8 Å². The van der Waals surface area contributed by atoms with Gasteiger partial charge in [0.25, 0.3) is 5.91 Å². The lowest BCUT2D eigenvalue weighted by molar-refractivity contribution is 0.101. The number of anilines is 1. The first-order valence-electron chi connectivity index (χ1n) is 9.66. The number of aromatic nitrogens is 1. The molecule has 3 aromatic rings. The lowest BCUT2D eigenvalue weighted by atomic mass is 10.0. The number of halogens is 2. The Morgan fingerprint density at radius 1 is 1.10 bits per heavy atom. The highest BCUT2D eigenvalue weighted by Gasteiger charge is 2.23. The monoisotopic (exact) mass is 441 g/mol. The molecule has 0 saturated heterocycles. The van der Waals surface area contributed by atoms with Crippen molar-refractivity contribution in [2.24, 2.45) is 4.99 Å². The van der Waals surface area contributed by atoms with Gasteiger partial charge in [-0.15, -0.1) is 11.8 Å². The number of hydrogen-bond donors (Lipinski definition) is 1. The number of aryl methyl sites for hydroxylation is 2. The van der Waals surface area contributed by atoms with Crippen LogP contribution in [0.1, 0.15) is 33.6 Å². The van der Waals surface area contributed by atoms with Crippen molar-refractivity contribution in [1.29, 1.82) is 0 Å². The molecule has 1 aromatic heterocycles. The number of fused-ring (bicyclic) bond motifs is 3. The van der Waals surface area contributed by atoms with Gasteiger partial charge in [0.15, 0.2) is 5.13 Å². The number of thiazole rings is 1. The number of carbonyl (C=O) groups excluding carboxylic acids is 1. The minimum absolute atomic E-state index is 0.348. The summed E-state index contributed by atoms with van der Waals surface area (Å²) in [4.78, 5) is 22.5. The Kier molecular flexibility index (Phi) is 5.12. The molecule has 2 aromatic carbocycles. The molecule has 0 radical (unpaired) electrons. The predicted octanol–water partition coefficient (Wildman–Crippen LogP) is 5.32. The third-order valence-corrected chi connectivity index (χ3v) is 7.22. The van der Waals surface area contributed by atoms with Gasteiger partial charge in [-0.1, -0.05) is 29.5 Å². The zero-order valence-corrected chi connectivity index (χ0v) is 17.5. The lowest BCUT2D eigenvalue weighted by Crippen LogP contribution is -2.15. The minimum Gasteiger partial charge on any atom is -0.298 e. The van der Waals surface area contributed by atoms with Crippen LogP contribution >= 0.6 is 23.1 Å². The van der Waals surface area contributed by atoms with Crippen molar-refractivity contribution < 1.29 is 13.6 Å². The van der Waals surface area contributed by atoms with Crippen molar-refractivity contribution in [3.05, 3.63) is 70.4 Å². The summed E-state index contributed by atoms with van der Waals surface area (Å²) in [5, 5.41) is 4.01. The zero-order valence-electron chi connectivity index (χ0n) is 15.9. The molecule has 30 heavy (non-hydrogen) atoms. The zero-order chi connectivity index (χ0) is 20.7. The fourth-order valence-electron chi connectivity index (χ4n) is 3.77. The second-order valence-corrected chi connectivity index (χ2v) is 9.19. The minimum atomic E-state index is -0.892. The van der Waals surface area contributed by atoms with Crippen molar-refractivity contribution in [2.45, 2.75) is 19.3 Å². The van der Waals surface area contributed by atoms with E-state index in [9.17, 15) is 13.6 Å². The van der Waals surface area contributed by atoms with E-state index in [1.54, 1.807) is 11.8 Å². The smallest absolute Gasteiger partial charge is 0.263 e. The Morgan fingerprint density at radius 2 is 1.93 bits per heavy atom. The molecule has 5 rings (SSSR count). The first-order chi connectivity index (χ1) is 14.6. The number of aliphatic imine (C=N–C) groups is 1. The lowest BCUT2D eigenvalue weighted by Gasteiger charge is -2.09. The van der Waals surface area contributed by atoms with Gasteiger partial charge in [-0.2, -0.15) is 0 Å². The van der Waals surface area contributed by atoms with Crippen molar-refractivity contribution in [3.8, 4) is 10.4 Å². The number of hydrogen-bond acceptors (Lipinski definition) is 5. The third-order valence-electron chi connectivity index (χ3n) is 5.15. The van der Waals surface area contributed by atoms with E-state index < -0.39 is 23.1 Å². The van der Waals surface area contributed by atoms with Crippen molar-refractivity contribution in [2.75, 3.05) is 17.6 Å². The Hall–Kier alpha value is -2.58. The molecule has 2 aliphatic rings. The van der Waals surface area contributed by atoms with E-state index in [2.05, 4.69) is 33.5 Å². The molecule has 0 unspecified atom stereocenters. The molecule has 1 aliphatic heterocycles. The van der Waals surface area contributed by atoms with Gasteiger partial charge in [-0.25, -0.2) is 13.8 Å². The summed E-state index contributed by atoms with van der Waals surface area (Å²) in [5.41, 5.74) is 3.80. The summed E-state index contributed by atoms with van der Waals surface area (Å²) in [5.74, 6) is -1.59. The molecule has 0 bridgehead atoms. The molecule has 0 fully saturated rings. The molecular weight excluding hydrogens is 424 g/mol. The number of nitrogens with one attached hydrogen (secondary N) is 1. The van der Waals surface area contributed by atoms with Crippen molar-refractivity contribution >= 4 is 39.2 Å². The van der Waals surface area contributed by atoms with E-state index in [0.29, 0.717) is 5.13 Å². The van der Waals surface area contributed by atoms with E-state index >= 15 is 0 Å². The Morgan fingerprint density at radius 3 is 2.70 bits per heavy atom. The fourth-order valence-corrected chi connectivity index (χ4v) is 5.69. The van der Waals surface area contributed by atoms with Crippen LogP contribution in [0.2, 0.25) is 0 Å². The Balaban J connectivity index is 1.46.